The number of rotatable bonds is 2. The Labute approximate surface area is 141 Å². The molecule has 0 aliphatic carbocycles. The zero-order valence-corrected chi connectivity index (χ0v) is 14.6. The van der Waals surface area contributed by atoms with E-state index in [0.29, 0.717) is 10.7 Å². The van der Waals surface area contributed by atoms with Crippen molar-refractivity contribution in [3.05, 3.63) is 52.8 Å². The number of hydrogen-bond donors (Lipinski definition) is 1. The summed E-state index contributed by atoms with van der Waals surface area (Å²) in [7, 11) is -3.91. The maximum Gasteiger partial charge on any atom is 0.266 e. The van der Waals surface area contributed by atoms with Crippen LogP contribution in [0.5, 0.6) is 0 Å². The molecule has 1 aromatic heterocycles. The van der Waals surface area contributed by atoms with Crippen LogP contribution in [0.25, 0.3) is 0 Å². The molecule has 0 spiro atoms. The van der Waals surface area contributed by atoms with Crippen molar-refractivity contribution in [2.24, 2.45) is 0 Å². The molecule has 0 saturated heterocycles. The van der Waals surface area contributed by atoms with E-state index in [0.717, 1.165) is 9.87 Å². The number of sulfonamides is 1. The first-order chi connectivity index (χ1) is 10.3. The molecule has 0 amide bonds. The number of halogens is 2. The third-order valence-electron chi connectivity index (χ3n) is 3.44. The zero-order valence-electron chi connectivity index (χ0n) is 11.4. The SMILES string of the molecule is Cc1ccc(S(=O)(=O)N2c3cc(Cl)cnc3[C@H](Br)[C@H]2O)cc1. The molecule has 2 atom stereocenters. The summed E-state index contributed by atoms with van der Waals surface area (Å²) in [5, 5.41) is 10.6. The van der Waals surface area contributed by atoms with Crippen LogP contribution in [0.1, 0.15) is 16.1 Å². The van der Waals surface area contributed by atoms with Gasteiger partial charge in [0.25, 0.3) is 10.0 Å². The monoisotopic (exact) mass is 402 g/mol. The molecule has 0 saturated carbocycles. The Bertz CT molecular complexity index is 826. The molecule has 0 fully saturated rings. The second-order valence-corrected chi connectivity index (χ2v) is 8.23. The number of alkyl halides is 1. The number of pyridine rings is 1. The molecule has 0 unspecified atom stereocenters. The molecule has 116 valence electrons. The summed E-state index contributed by atoms with van der Waals surface area (Å²) >= 11 is 9.20. The molecule has 22 heavy (non-hydrogen) atoms. The van der Waals surface area contributed by atoms with Crippen LogP contribution in [0, 0.1) is 6.92 Å². The third kappa shape index (κ3) is 2.42. The van der Waals surface area contributed by atoms with Crippen LogP contribution in [-0.2, 0) is 10.0 Å². The van der Waals surface area contributed by atoms with Crippen LogP contribution < -0.4 is 4.31 Å². The maximum atomic E-state index is 12.8. The summed E-state index contributed by atoms with van der Waals surface area (Å²) in [5.74, 6) is 0. The molecular weight excluding hydrogens is 392 g/mol. The van der Waals surface area contributed by atoms with Gasteiger partial charge in [0.2, 0.25) is 0 Å². The first-order valence-corrected chi connectivity index (χ1v) is 9.14. The number of anilines is 1. The first kappa shape index (κ1) is 15.7. The fourth-order valence-corrected chi connectivity index (χ4v) is 4.74. The molecule has 1 aromatic carbocycles. The quantitative estimate of drug-likeness (QED) is 0.783. The number of aryl methyl sites for hydroxylation is 1. The highest BCUT2D eigenvalue weighted by molar-refractivity contribution is 9.09. The van der Waals surface area contributed by atoms with E-state index >= 15 is 0 Å². The molecule has 0 radical (unpaired) electrons. The number of aromatic nitrogens is 1. The number of aliphatic hydroxyl groups excluding tert-OH is 1. The predicted molar refractivity (Wildman–Crippen MR) is 87.8 cm³/mol. The van der Waals surface area contributed by atoms with Crippen LogP contribution in [0.3, 0.4) is 0 Å². The average Bonchev–Trinajstić information content (AvgIpc) is 2.71. The Kier molecular flexibility index (Phi) is 3.92. The van der Waals surface area contributed by atoms with Gasteiger partial charge in [0.15, 0.2) is 6.23 Å². The van der Waals surface area contributed by atoms with Gasteiger partial charge in [-0.05, 0) is 25.1 Å². The van der Waals surface area contributed by atoms with E-state index in [-0.39, 0.29) is 10.6 Å². The largest absolute Gasteiger partial charge is 0.371 e. The summed E-state index contributed by atoms with van der Waals surface area (Å²) < 4.78 is 26.6. The highest BCUT2D eigenvalue weighted by atomic mass is 79.9. The second kappa shape index (κ2) is 5.49. The normalized spacial score (nSPS) is 21.0. The third-order valence-corrected chi connectivity index (χ3v) is 6.35. The van der Waals surface area contributed by atoms with Crippen molar-refractivity contribution in [1.82, 2.24) is 4.98 Å². The van der Waals surface area contributed by atoms with E-state index < -0.39 is 21.1 Å². The molecule has 2 heterocycles. The van der Waals surface area contributed by atoms with Gasteiger partial charge in [0, 0.05) is 6.20 Å². The van der Waals surface area contributed by atoms with Gasteiger partial charge in [-0.3, -0.25) is 4.98 Å². The van der Waals surface area contributed by atoms with E-state index in [1.165, 1.54) is 24.4 Å². The van der Waals surface area contributed by atoms with E-state index in [9.17, 15) is 13.5 Å². The van der Waals surface area contributed by atoms with E-state index in [2.05, 4.69) is 20.9 Å². The Morgan fingerprint density at radius 1 is 1.32 bits per heavy atom. The molecule has 2 aromatic rings. The smallest absolute Gasteiger partial charge is 0.266 e. The average molecular weight is 404 g/mol. The molecule has 8 heteroatoms. The second-order valence-electron chi connectivity index (χ2n) is 4.99. The van der Waals surface area contributed by atoms with Crippen molar-refractivity contribution >= 4 is 43.2 Å². The Hall–Kier alpha value is -1.15. The number of nitrogens with zero attached hydrogens (tertiary/aromatic N) is 2. The van der Waals surface area contributed by atoms with Crippen molar-refractivity contribution in [2.45, 2.75) is 22.9 Å². The summed E-state index contributed by atoms with van der Waals surface area (Å²) in [6, 6.07) is 7.92. The molecule has 1 aliphatic heterocycles. The standard InChI is InChI=1S/C14H12BrClN2O3S/c1-8-2-4-10(5-3-8)22(20,21)18-11-6-9(16)7-17-13(11)12(15)14(18)19/h2-7,12,14,19H,1H3/t12-,14+/m0/s1. The minimum Gasteiger partial charge on any atom is -0.371 e. The zero-order chi connectivity index (χ0) is 16.1. The molecule has 5 nitrogen and oxygen atoms in total. The summed E-state index contributed by atoms with van der Waals surface area (Å²) in [6.45, 7) is 1.87. The van der Waals surface area contributed by atoms with Crippen LogP contribution in [0.15, 0.2) is 41.4 Å². The van der Waals surface area contributed by atoms with Crippen LogP contribution >= 0.6 is 27.5 Å². The van der Waals surface area contributed by atoms with E-state index in [1.54, 1.807) is 12.1 Å². The highest BCUT2D eigenvalue weighted by Gasteiger charge is 2.44. The van der Waals surface area contributed by atoms with Gasteiger partial charge in [-0.2, -0.15) is 0 Å². The molecule has 1 aliphatic rings. The highest BCUT2D eigenvalue weighted by Crippen LogP contribution is 2.45. The van der Waals surface area contributed by atoms with Crippen LogP contribution in [0.2, 0.25) is 5.02 Å². The van der Waals surface area contributed by atoms with Crippen molar-refractivity contribution in [1.29, 1.82) is 0 Å². The topological polar surface area (TPSA) is 70.5 Å². The van der Waals surface area contributed by atoms with Gasteiger partial charge < -0.3 is 5.11 Å². The number of fused-ring (bicyclic) bond motifs is 1. The summed E-state index contributed by atoms with van der Waals surface area (Å²) in [4.78, 5) is 3.61. The fraction of sp³-hybridized carbons (Fsp3) is 0.214. The van der Waals surface area contributed by atoms with Crippen LogP contribution in [0.4, 0.5) is 5.69 Å². The molecule has 0 bridgehead atoms. The van der Waals surface area contributed by atoms with Crippen molar-refractivity contribution in [3.8, 4) is 0 Å². The summed E-state index contributed by atoms with van der Waals surface area (Å²) in [5.41, 5.74) is 1.67. The summed E-state index contributed by atoms with van der Waals surface area (Å²) in [6.07, 6.45) is 0.135. The Morgan fingerprint density at radius 2 is 1.95 bits per heavy atom. The van der Waals surface area contributed by atoms with Gasteiger partial charge in [0.1, 0.15) is 4.83 Å². The fourth-order valence-electron chi connectivity index (χ4n) is 2.33. The number of hydrogen-bond acceptors (Lipinski definition) is 4. The predicted octanol–water partition coefficient (Wildman–Crippen LogP) is 3.01. The van der Waals surface area contributed by atoms with Gasteiger partial charge in [0.05, 0.1) is 21.3 Å². The van der Waals surface area contributed by atoms with E-state index in [1.807, 2.05) is 6.92 Å². The van der Waals surface area contributed by atoms with Crippen molar-refractivity contribution in [3.63, 3.8) is 0 Å². The molecule has 1 N–H and O–H groups in total. The molecule has 3 rings (SSSR count). The lowest BCUT2D eigenvalue weighted by molar-refractivity contribution is 0.194. The first-order valence-electron chi connectivity index (χ1n) is 6.41. The van der Waals surface area contributed by atoms with Crippen molar-refractivity contribution < 1.29 is 13.5 Å². The van der Waals surface area contributed by atoms with Gasteiger partial charge >= 0.3 is 0 Å². The molecular formula is C14H12BrClN2O3S. The van der Waals surface area contributed by atoms with E-state index in [4.69, 9.17) is 11.6 Å². The lowest BCUT2D eigenvalue weighted by Gasteiger charge is -2.24. The maximum absolute atomic E-state index is 12.8. The Balaban J connectivity index is 2.15. The van der Waals surface area contributed by atoms with Crippen molar-refractivity contribution in [2.75, 3.05) is 4.31 Å². The number of aliphatic hydroxyl groups is 1. The lowest BCUT2D eigenvalue weighted by atomic mass is 10.2. The van der Waals surface area contributed by atoms with Gasteiger partial charge in [-0.25, -0.2) is 12.7 Å². The lowest BCUT2D eigenvalue weighted by Crippen LogP contribution is -2.38. The van der Waals surface area contributed by atoms with Gasteiger partial charge in [-0.15, -0.1) is 0 Å². The minimum absolute atomic E-state index is 0.102. The minimum atomic E-state index is -3.91. The van der Waals surface area contributed by atoms with Crippen LogP contribution in [-0.4, -0.2) is 24.7 Å². The number of benzene rings is 1. The Morgan fingerprint density at radius 3 is 2.59 bits per heavy atom. The van der Waals surface area contributed by atoms with Gasteiger partial charge in [-0.1, -0.05) is 45.2 Å².